The first-order chi connectivity index (χ1) is 15.1. The Morgan fingerprint density at radius 2 is 1.84 bits per heavy atom. The Morgan fingerprint density at radius 3 is 2.58 bits per heavy atom. The highest BCUT2D eigenvalue weighted by Crippen LogP contribution is 2.42. The van der Waals surface area contributed by atoms with E-state index < -0.39 is 5.41 Å². The number of piperidine rings is 1. The Balaban J connectivity index is 1.37. The van der Waals surface area contributed by atoms with Gasteiger partial charge in [-0.25, -0.2) is 0 Å². The second kappa shape index (κ2) is 8.41. The Morgan fingerprint density at radius 1 is 1.06 bits per heavy atom. The van der Waals surface area contributed by atoms with Crippen molar-refractivity contribution >= 4 is 34.8 Å². The van der Waals surface area contributed by atoms with Crippen molar-refractivity contribution in [2.45, 2.75) is 37.0 Å². The number of amides is 1. The van der Waals surface area contributed by atoms with Crippen LogP contribution in [-0.2, 0) is 14.9 Å². The topological polar surface area (TPSA) is 59.7 Å². The number of hydrogen-bond acceptors (Lipinski definition) is 4. The molecule has 3 aromatic rings. The lowest BCUT2D eigenvalue weighted by Gasteiger charge is -2.42. The smallest absolute Gasteiger partial charge is 0.233 e. The zero-order valence-electron chi connectivity index (χ0n) is 17.1. The molecule has 0 N–H and O–H groups in total. The Hall–Kier alpha value is -2.15. The van der Waals surface area contributed by atoms with Gasteiger partial charge in [-0.15, -0.1) is 10.2 Å². The lowest BCUT2D eigenvalue weighted by molar-refractivity contribution is -0.142. The summed E-state index contributed by atoms with van der Waals surface area (Å²) in [5.74, 6) is 1.40. The molecule has 8 heteroatoms. The third-order valence-corrected chi connectivity index (χ3v) is 7.24. The van der Waals surface area contributed by atoms with Crippen LogP contribution < -0.4 is 0 Å². The van der Waals surface area contributed by atoms with Crippen LogP contribution in [-0.4, -0.2) is 51.7 Å². The van der Waals surface area contributed by atoms with E-state index in [0.29, 0.717) is 49.2 Å². The minimum Gasteiger partial charge on any atom is -0.381 e. The lowest BCUT2D eigenvalue weighted by atomic mass is 9.72. The van der Waals surface area contributed by atoms with E-state index in [0.717, 1.165) is 29.9 Å². The Bertz CT molecular complexity index is 1100. The normalized spacial score (nSPS) is 19.6. The second-order valence-electron chi connectivity index (χ2n) is 8.37. The van der Waals surface area contributed by atoms with Gasteiger partial charge >= 0.3 is 0 Å². The average molecular weight is 459 g/mol. The van der Waals surface area contributed by atoms with Crippen molar-refractivity contribution in [1.29, 1.82) is 0 Å². The summed E-state index contributed by atoms with van der Waals surface area (Å²) in [5, 5.41) is 9.83. The maximum absolute atomic E-state index is 13.9. The first-order valence-corrected chi connectivity index (χ1v) is 11.5. The Kier molecular flexibility index (Phi) is 5.63. The van der Waals surface area contributed by atoms with Gasteiger partial charge in [-0.2, -0.15) is 0 Å². The van der Waals surface area contributed by atoms with Gasteiger partial charge in [0.2, 0.25) is 5.91 Å². The molecule has 2 aromatic heterocycles. The largest absolute Gasteiger partial charge is 0.381 e. The molecule has 6 nitrogen and oxygen atoms in total. The number of hydrogen-bond donors (Lipinski definition) is 0. The minimum atomic E-state index is -0.658. The predicted molar refractivity (Wildman–Crippen MR) is 120 cm³/mol. The van der Waals surface area contributed by atoms with Gasteiger partial charge in [0, 0.05) is 48.5 Å². The minimum absolute atomic E-state index is 0.143. The van der Waals surface area contributed by atoms with Crippen molar-refractivity contribution in [2.24, 2.45) is 0 Å². The number of fused-ring (bicyclic) bond motifs is 1. The van der Waals surface area contributed by atoms with Crippen LogP contribution in [0.5, 0.6) is 0 Å². The summed E-state index contributed by atoms with van der Waals surface area (Å²) in [6, 6.07) is 11.4. The summed E-state index contributed by atoms with van der Waals surface area (Å²) >= 11 is 12.7. The molecule has 1 aromatic carbocycles. The molecule has 31 heavy (non-hydrogen) atoms. The van der Waals surface area contributed by atoms with Gasteiger partial charge < -0.3 is 9.64 Å². The molecular weight excluding hydrogens is 435 g/mol. The number of halogens is 2. The molecular formula is C23H24Cl2N4O2. The molecule has 1 amide bonds. The van der Waals surface area contributed by atoms with Crippen molar-refractivity contribution in [2.75, 3.05) is 26.3 Å². The molecule has 0 spiro atoms. The zero-order chi connectivity index (χ0) is 21.4. The van der Waals surface area contributed by atoms with E-state index in [1.807, 2.05) is 41.4 Å². The summed E-state index contributed by atoms with van der Waals surface area (Å²) in [6.45, 7) is 2.48. The number of aromatic nitrogens is 3. The monoisotopic (exact) mass is 458 g/mol. The molecule has 162 valence electrons. The molecule has 2 saturated heterocycles. The summed E-state index contributed by atoms with van der Waals surface area (Å²) in [7, 11) is 0. The summed E-state index contributed by atoms with van der Waals surface area (Å²) in [6.07, 6.45) is 4.98. The van der Waals surface area contributed by atoms with Crippen LogP contribution in [0, 0.1) is 0 Å². The van der Waals surface area contributed by atoms with Crippen molar-refractivity contribution in [3.8, 4) is 0 Å². The predicted octanol–water partition coefficient (Wildman–Crippen LogP) is 4.49. The third kappa shape index (κ3) is 3.71. The molecule has 4 heterocycles. The summed E-state index contributed by atoms with van der Waals surface area (Å²) in [4.78, 5) is 15.9. The number of nitrogens with zero attached hydrogens (tertiary/aromatic N) is 4. The molecule has 0 bridgehead atoms. The van der Waals surface area contributed by atoms with E-state index in [1.54, 1.807) is 6.07 Å². The number of carbonyl (C=O) groups excluding carboxylic acids is 1. The number of ether oxygens (including phenoxy) is 1. The van der Waals surface area contributed by atoms with E-state index in [-0.39, 0.29) is 11.8 Å². The van der Waals surface area contributed by atoms with Crippen LogP contribution in [0.2, 0.25) is 10.0 Å². The molecule has 2 aliphatic heterocycles. The van der Waals surface area contributed by atoms with Gasteiger partial charge in [-0.3, -0.25) is 9.20 Å². The highest BCUT2D eigenvalue weighted by atomic mass is 35.5. The number of pyridine rings is 1. The molecule has 2 fully saturated rings. The van der Waals surface area contributed by atoms with Crippen LogP contribution in [0.15, 0.2) is 42.6 Å². The number of benzene rings is 1. The van der Waals surface area contributed by atoms with Gasteiger partial charge in [0.25, 0.3) is 0 Å². The van der Waals surface area contributed by atoms with Crippen molar-refractivity contribution in [3.63, 3.8) is 0 Å². The molecule has 0 saturated carbocycles. The Labute approximate surface area is 191 Å². The van der Waals surface area contributed by atoms with Crippen LogP contribution in [0.4, 0.5) is 0 Å². The molecule has 0 atom stereocenters. The number of carbonyl (C=O) groups is 1. The zero-order valence-corrected chi connectivity index (χ0v) is 18.6. The van der Waals surface area contributed by atoms with E-state index in [9.17, 15) is 4.79 Å². The maximum Gasteiger partial charge on any atom is 0.233 e. The van der Waals surface area contributed by atoms with E-state index in [4.69, 9.17) is 27.9 Å². The van der Waals surface area contributed by atoms with Gasteiger partial charge in [0.15, 0.2) is 5.65 Å². The van der Waals surface area contributed by atoms with Crippen LogP contribution in [0.1, 0.15) is 43.0 Å². The van der Waals surface area contributed by atoms with Crippen LogP contribution >= 0.6 is 23.2 Å². The maximum atomic E-state index is 13.9. The standard InChI is InChI=1S/C23H24Cl2N4O2/c24-17-4-5-18(19(25)15-17)23(8-13-31-14-9-23)22(30)28-11-6-16(7-12-28)21-27-26-20-3-1-2-10-29(20)21/h1-5,10,15-16H,6-9,11-14H2. The highest BCUT2D eigenvalue weighted by Gasteiger charge is 2.46. The quantitative estimate of drug-likeness (QED) is 0.579. The summed E-state index contributed by atoms with van der Waals surface area (Å²) in [5.41, 5.74) is 1.06. The lowest BCUT2D eigenvalue weighted by Crippen LogP contribution is -2.52. The fourth-order valence-corrected chi connectivity index (χ4v) is 5.57. The fraction of sp³-hybridized carbons (Fsp3) is 0.435. The highest BCUT2D eigenvalue weighted by molar-refractivity contribution is 6.35. The van der Waals surface area contributed by atoms with E-state index in [2.05, 4.69) is 14.6 Å². The SMILES string of the molecule is O=C(N1CCC(c2nnc3ccccn23)CC1)C1(c2ccc(Cl)cc2Cl)CCOCC1. The van der Waals surface area contributed by atoms with Crippen molar-refractivity contribution in [3.05, 3.63) is 64.0 Å². The fourth-order valence-electron chi connectivity index (χ4n) is 4.98. The average Bonchev–Trinajstić information content (AvgIpc) is 3.23. The number of likely N-dealkylation sites (tertiary alicyclic amines) is 1. The second-order valence-corrected chi connectivity index (χ2v) is 9.22. The number of rotatable bonds is 3. The first-order valence-electron chi connectivity index (χ1n) is 10.7. The first kappa shape index (κ1) is 20.7. The van der Waals surface area contributed by atoms with Crippen LogP contribution in [0.3, 0.4) is 0 Å². The van der Waals surface area contributed by atoms with E-state index >= 15 is 0 Å². The van der Waals surface area contributed by atoms with Crippen molar-refractivity contribution < 1.29 is 9.53 Å². The van der Waals surface area contributed by atoms with E-state index in [1.165, 1.54) is 0 Å². The summed E-state index contributed by atoms with van der Waals surface area (Å²) < 4.78 is 7.65. The molecule has 0 radical (unpaired) electrons. The van der Waals surface area contributed by atoms with Gasteiger partial charge in [0.1, 0.15) is 5.82 Å². The third-order valence-electron chi connectivity index (χ3n) is 6.69. The van der Waals surface area contributed by atoms with Gasteiger partial charge in [0.05, 0.1) is 5.41 Å². The van der Waals surface area contributed by atoms with Gasteiger partial charge in [-0.05, 0) is 55.5 Å². The molecule has 2 aliphatic rings. The van der Waals surface area contributed by atoms with Gasteiger partial charge in [-0.1, -0.05) is 35.3 Å². The molecule has 0 unspecified atom stereocenters. The molecule has 5 rings (SSSR count). The van der Waals surface area contributed by atoms with Crippen molar-refractivity contribution in [1.82, 2.24) is 19.5 Å². The van der Waals surface area contributed by atoms with Crippen LogP contribution in [0.25, 0.3) is 5.65 Å². The molecule has 0 aliphatic carbocycles.